The van der Waals surface area contributed by atoms with E-state index in [1.165, 1.54) is 24.7 Å². The number of carbonyl (C=O) groups is 6. The maximum Gasteiger partial charge on any atom is 0.329 e. The number of aliphatic carboxylic acids is 1. The van der Waals surface area contributed by atoms with E-state index in [1.54, 1.807) is 20.8 Å². The van der Waals surface area contributed by atoms with Crippen molar-refractivity contribution < 1.29 is 33.9 Å². The molecule has 12 nitrogen and oxygen atoms in total. The number of rotatable bonds is 8. The minimum Gasteiger partial charge on any atom is -0.480 e. The third-order valence-electron chi connectivity index (χ3n) is 7.56. The lowest BCUT2D eigenvalue weighted by atomic mass is 9.81. The molecule has 3 fully saturated rings. The van der Waals surface area contributed by atoms with Crippen molar-refractivity contribution >= 4 is 35.5 Å². The van der Waals surface area contributed by atoms with Crippen LogP contribution in [0.25, 0.3) is 0 Å². The summed E-state index contributed by atoms with van der Waals surface area (Å²) in [5, 5.41) is 17.4. The average Bonchev–Trinajstić information content (AvgIpc) is 3.47. The molecule has 3 atom stereocenters. The topological polar surface area (TPSA) is 188 Å². The fourth-order valence-electron chi connectivity index (χ4n) is 4.80. The van der Waals surface area contributed by atoms with E-state index < -0.39 is 64.6 Å². The summed E-state index contributed by atoms with van der Waals surface area (Å²) >= 11 is 0. The highest BCUT2D eigenvalue weighted by molar-refractivity contribution is 6.37. The van der Waals surface area contributed by atoms with E-state index in [-0.39, 0.29) is 6.54 Å². The first kappa shape index (κ1) is 32.0. The number of carboxylic acid groups (broad SMARTS) is 1. The van der Waals surface area contributed by atoms with Crippen LogP contribution in [0, 0.1) is 11.3 Å². The summed E-state index contributed by atoms with van der Waals surface area (Å²) in [6.45, 7) is 9.13. The molecule has 1 aliphatic heterocycles. The van der Waals surface area contributed by atoms with Crippen molar-refractivity contribution in [1.82, 2.24) is 20.9 Å². The molecule has 0 spiro atoms. The normalized spacial score (nSPS) is 21.9. The molecule has 3 aliphatic rings. The van der Waals surface area contributed by atoms with Gasteiger partial charge in [0, 0.05) is 6.54 Å². The summed E-state index contributed by atoms with van der Waals surface area (Å²) in [5.74, 6) is -3.23. The summed E-state index contributed by atoms with van der Waals surface area (Å²) in [6, 6.07) is -3.83. The molecular formula is C27H45N5O7. The van der Waals surface area contributed by atoms with Crippen LogP contribution in [0.1, 0.15) is 92.4 Å². The molecule has 12 heteroatoms. The van der Waals surface area contributed by atoms with Crippen LogP contribution in [0.5, 0.6) is 0 Å². The number of nitrogens with one attached hydrogen (secondary N) is 3. The molecule has 5 amide bonds. The molecule has 39 heavy (non-hydrogen) atoms. The number of carbonyl (C=O) groups excluding carboxylic acids is 5. The van der Waals surface area contributed by atoms with Crippen molar-refractivity contribution in [3.63, 3.8) is 0 Å². The zero-order chi connectivity index (χ0) is 29.5. The highest BCUT2D eigenvalue weighted by Crippen LogP contribution is 2.30. The fourth-order valence-corrected chi connectivity index (χ4v) is 4.80. The molecule has 1 saturated heterocycles. The van der Waals surface area contributed by atoms with Crippen LogP contribution in [0.2, 0.25) is 0 Å². The average molecular weight is 552 g/mol. The molecule has 6 N–H and O–H groups in total. The number of likely N-dealkylation sites (tertiary alicyclic amines) is 1. The minimum absolute atomic E-state index is 0.268. The standard InChI is InChI=1S/C23H37N5O7.C4H8/c1-13(15(29)17(24)30)25-18(31)14-9-8-12-28(14)19(32)16(22(2,3)4)26-21(35)27-23(20(33)34)10-6-5-7-11-23;1-4-2-3-4/h13-14,16H,5-12H2,1-4H3,(H2,24,30)(H,25,31)(H,33,34)(H2,26,27,35);4H,2-3H2,1H3/t13?,14-,16+;/m0./s1. The zero-order valence-electron chi connectivity index (χ0n) is 23.8. The van der Waals surface area contributed by atoms with E-state index in [9.17, 15) is 33.9 Å². The van der Waals surface area contributed by atoms with Crippen molar-refractivity contribution in [3.05, 3.63) is 0 Å². The molecule has 2 aliphatic carbocycles. The zero-order valence-corrected chi connectivity index (χ0v) is 23.8. The largest absolute Gasteiger partial charge is 0.480 e. The van der Waals surface area contributed by atoms with Gasteiger partial charge in [-0.1, -0.05) is 59.8 Å². The summed E-state index contributed by atoms with van der Waals surface area (Å²) in [7, 11) is 0. The van der Waals surface area contributed by atoms with Gasteiger partial charge < -0.3 is 31.7 Å². The monoisotopic (exact) mass is 551 g/mol. The van der Waals surface area contributed by atoms with Gasteiger partial charge in [0.25, 0.3) is 5.91 Å². The molecule has 1 heterocycles. The number of urea groups is 1. The minimum atomic E-state index is -1.38. The summed E-state index contributed by atoms with van der Waals surface area (Å²) in [6.07, 6.45) is 6.71. The first-order chi connectivity index (χ1) is 18.1. The highest BCUT2D eigenvalue weighted by atomic mass is 16.4. The Morgan fingerprint density at radius 3 is 1.97 bits per heavy atom. The van der Waals surface area contributed by atoms with E-state index >= 15 is 0 Å². The number of amides is 5. The lowest BCUT2D eigenvalue weighted by Gasteiger charge is -2.38. The highest BCUT2D eigenvalue weighted by Gasteiger charge is 2.45. The first-order valence-electron chi connectivity index (χ1n) is 13.9. The number of primary amides is 1. The fraction of sp³-hybridized carbons (Fsp3) is 0.778. The number of ketones is 1. The van der Waals surface area contributed by atoms with Gasteiger partial charge in [0.15, 0.2) is 0 Å². The van der Waals surface area contributed by atoms with Crippen LogP contribution in [-0.2, 0) is 24.0 Å². The van der Waals surface area contributed by atoms with E-state index in [4.69, 9.17) is 5.73 Å². The van der Waals surface area contributed by atoms with E-state index in [2.05, 4.69) is 22.9 Å². The second-order valence-electron chi connectivity index (χ2n) is 12.2. The van der Waals surface area contributed by atoms with Crippen LogP contribution in [0.4, 0.5) is 4.79 Å². The Labute approximate surface area is 230 Å². The maximum absolute atomic E-state index is 13.5. The van der Waals surface area contributed by atoms with E-state index in [0.717, 1.165) is 12.3 Å². The maximum atomic E-state index is 13.5. The lowest BCUT2D eigenvalue weighted by Crippen LogP contribution is -2.63. The van der Waals surface area contributed by atoms with E-state index in [0.29, 0.717) is 38.5 Å². The van der Waals surface area contributed by atoms with Gasteiger partial charge in [-0.25, -0.2) is 9.59 Å². The van der Waals surface area contributed by atoms with Crippen molar-refractivity contribution in [1.29, 1.82) is 0 Å². The Balaban J connectivity index is 0.00000122. The Morgan fingerprint density at radius 2 is 1.51 bits per heavy atom. The molecule has 0 aromatic carbocycles. The van der Waals surface area contributed by atoms with Crippen LogP contribution in [0.15, 0.2) is 0 Å². The molecule has 220 valence electrons. The first-order valence-corrected chi connectivity index (χ1v) is 13.9. The van der Waals surface area contributed by atoms with Crippen molar-refractivity contribution in [2.45, 2.75) is 116 Å². The number of Topliss-reactive ketones (excluding diaryl/α,β-unsaturated/α-hetero) is 1. The molecule has 1 unspecified atom stereocenters. The third kappa shape index (κ3) is 8.93. The summed E-state index contributed by atoms with van der Waals surface area (Å²) in [5.41, 5.74) is 2.85. The Bertz CT molecular complexity index is 951. The molecule has 3 rings (SSSR count). The lowest BCUT2D eigenvalue weighted by molar-refractivity contribution is -0.145. The molecular weight excluding hydrogens is 506 g/mol. The van der Waals surface area contributed by atoms with Crippen LogP contribution < -0.4 is 21.7 Å². The second kappa shape index (κ2) is 13.3. The number of hydrogen-bond donors (Lipinski definition) is 5. The van der Waals surface area contributed by atoms with Gasteiger partial charge in [-0.05, 0) is 43.9 Å². The number of nitrogens with two attached hydrogens (primary N) is 1. The number of hydrogen-bond acceptors (Lipinski definition) is 6. The quantitative estimate of drug-likeness (QED) is 0.282. The van der Waals surface area contributed by atoms with Crippen LogP contribution in [0.3, 0.4) is 0 Å². The summed E-state index contributed by atoms with van der Waals surface area (Å²) in [4.78, 5) is 75.3. The molecule has 0 aromatic rings. The predicted molar refractivity (Wildman–Crippen MR) is 143 cm³/mol. The molecule has 0 bridgehead atoms. The Kier molecular flexibility index (Phi) is 10.9. The van der Waals surface area contributed by atoms with Gasteiger partial charge in [0.1, 0.15) is 17.6 Å². The Morgan fingerprint density at radius 1 is 0.949 bits per heavy atom. The van der Waals surface area contributed by atoms with Gasteiger partial charge in [-0.15, -0.1) is 0 Å². The van der Waals surface area contributed by atoms with Gasteiger partial charge in [-0.2, -0.15) is 0 Å². The van der Waals surface area contributed by atoms with Gasteiger partial charge >= 0.3 is 12.0 Å². The summed E-state index contributed by atoms with van der Waals surface area (Å²) < 4.78 is 0. The number of nitrogens with zero attached hydrogens (tertiary/aromatic N) is 1. The van der Waals surface area contributed by atoms with Crippen molar-refractivity contribution in [2.24, 2.45) is 17.1 Å². The van der Waals surface area contributed by atoms with Crippen molar-refractivity contribution in [2.75, 3.05) is 6.54 Å². The van der Waals surface area contributed by atoms with E-state index in [1.807, 2.05) is 0 Å². The van der Waals surface area contributed by atoms with Gasteiger partial charge in [-0.3, -0.25) is 19.2 Å². The Hall–Kier alpha value is -3.18. The van der Waals surface area contributed by atoms with Crippen molar-refractivity contribution in [3.8, 4) is 0 Å². The van der Waals surface area contributed by atoms with Crippen LogP contribution >= 0.6 is 0 Å². The predicted octanol–water partition coefficient (Wildman–Crippen LogP) is 1.45. The second-order valence-corrected chi connectivity index (χ2v) is 12.2. The van der Waals surface area contributed by atoms with Gasteiger partial charge in [0.05, 0.1) is 6.04 Å². The van der Waals surface area contributed by atoms with Crippen LogP contribution in [-0.4, -0.2) is 75.7 Å². The number of carboxylic acids is 1. The molecule has 0 radical (unpaired) electrons. The molecule has 2 saturated carbocycles. The van der Waals surface area contributed by atoms with Gasteiger partial charge in [0.2, 0.25) is 17.6 Å². The third-order valence-corrected chi connectivity index (χ3v) is 7.56. The SMILES string of the molecule is CC(NC(=O)[C@@H]1CCCN1C(=O)[C@@H](NC(=O)NC1(C(=O)O)CCCCC1)C(C)(C)C)C(=O)C(N)=O.CC1CC1. The smallest absolute Gasteiger partial charge is 0.329 e. The molecule has 0 aromatic heterocycles.